The van der Waals surface area contributed by atoms with Crippen LogP contribution in [-0.4, -0.2) is 42.1 Å². The topological polar surface area (TPSA) is 101 Å². The molecule has 4 rings (SSSR count). The van der Waals surface area contributed by atoms with Gasteiger partial charge in [0.25, 0.3) is 0 Å². The first-order valence-corrected chi connectivity index (χ1v) is 12.4. The highest BCUT2D eigenvalue weighted by Crippen LogP contribution is 2.40. The van der Waals surface area contributed by atoms with Crippen LogP contribution in [-0.2, 0) is 4.79 Å². The van der Waals surface area contributed by atoms with E-state index in [4.69, 9.17) is 20.9 Å². The van der Waals surface area contributed by atoms with Crippen molar-refractivity contribution >= 4 is 46.6 Å². The standard InChI is InChI=1S/C21H22N4O2S3/c1-28-21-14(9-18(30-21)19(22)23)20-25-16(11-29-20)12-4-2-5-13(8-12)27-17(10-26)15-6-3-7-24-15/h2,4-5,8-11,15,17,24H,3,6-7H2,1H3,(H3,22,23). The molecular formula is C21H22N4O2S3. The molecule has 0 aliphatic carbocycles. The number of rotatable bonds is 8. The summed E-state index contributed by atoms with van der Waals surface area (Å²) in [6, 6.07) is 9.69. The molecule has 30 heavy (non-hydrogen) atoms. The largest absolute Gasteiger partial charge is 0.481 e. The average molecular weight is 459 g/mol. The SMILES string of the molecule is CSc1sc(C(=N)N)cc1-c1nc(-c2cccc(OC(C=O)C3CCCN3)c2)cs1. The van der Waals surface area contributed by atoms with E-state index in [1.165, 1.54) is 11.3 Å². The molecule has 2 unspecified atom stereocenters. The van der Waals surface area contributed by atoms with Crippen LogP contribution in [0.1, 0.15) is 17.7 Å². The lowest BCUT2D eigenvalue weighted by atomic mass is 10.1. The number of nitrogens with two attached hydrogens (primary N) is 1. The third-order valence-corrected chi connectivity index (χ3v) is 8.09. The number of carbonyl (C=O) groups excluding carboxylic acids is 1. The zero-order valence-electron chi connectivity index (χ0n) is 16.4. The van der Waals surface area contributed by atoms with E-state index in [-0.39, 0.29) is 11.9 Å². The predicted molar refractivity (Wildman–Crippen MR) is 125 cm³/mol. The number of aromatic nitrogens is 1. The summed E-state index contributed by atoms with van der Waals surface area (Å²) in [7, 11) is 0. The molecule has 1 saturated heterocycles. The molecule has 0 bridgehead atoms. The Labute approximate surface area is 187 Å². The lowest BCUT2D eigenvalue weighted by Gasteiger charge is -2.20. The predicted octanol–water partition coefficient (Wildman–Crippen LogP) is 4.24. The first-order valence-electron chi connectivity index (χ1n) is 9.53. The second-order valence-electron chi connectivity index (χ2n) is 6.92. The number of nitrogen functional groups attached to an aromatic ring is 1. The Balaban J connectivity index is 1.57. The number of nitrogens with zero attached hydrogens (tertiary/aromatic N) is 1. The van der Waals surface area contributed by atoms with Gasteiger partial charge in [-0.3, -0.25) is 10.2 Å². The van der Waals surface area contributed by atoms with E-state index < -0.39 is 6.10 Å². The number of thiazole rings is 1. The number of carbonyl (C=O) groups is 1. The molecule has 1 aliphatic heterocycles. The van der Waals surface area contributed by atoms with Crippen molar-refractivity contribution in [2.45, 2.75) is 29.2 Å². The number of ether oxygens (including phenoxy) is 1. The van der Waals surface area contributed by atoms with Gasteiger partial charge >= 0.3 is 0 Å². The smallest absolute Gasteiger partial charge is 0.169 e. The van der Waals surface area contributed by atoms with Crippen LogP contribution in [0.4, 0.5) is 0 Å². The van der Waals surface area contributed by atoms with Crippen molar-refractivity contribution in [1.29, 1.82) is 5.41 Å². The lowest BCUT2D eigenvalue weighted by molar-refractivity contribution is -0.114. The minimum atomic E-state index is -0.492. The van der Waals surface area contributed by atoms with Crippen molar-refractivity contribution < 1.29 is 9.53 Å². The number of hydrogen-bond donors (Lipinski definition) is 3. The number of aldehydes is 1. The quantitative estimate of drug-likeness (QED) is 0.202. The second kappa shape index (κ2) is 9.30. The molecular weight excluding hydrogens is 436 g/mol. The van der Waals surface area contributed by atoms with Crippen molar-refractivity contribution in [3.05, 3.63) is 40.6 Å². The third-order valence-electron chi connectivity index (χ3n) is 4.91. The molecule has 3 heterocycles. The van der Waals surface area contributed by atoms with Gasteiger partial charge in [-0.05, 0) is 43.8 Å². The number of thiophene rings is 1. The molecule has 3 aromatic rings. The average Bonchev–Trinajstić information content (AvgIpc) is 3.52. The minimum absolute atomic E-state index is 0.0658. The van der Waals surface area contributed by atoms with E-state index >= 15 is 0 Å². The van der Waals surface area contributed by atoms with Crippen LogP contribution in [0, 0.1) is 5.41 Å². The molecule has 0 radical (unpaired) electrons. The summed E-state index contributed by atoms with van der Waals surface area (Å²) in [6.07, 6.45) is 4.40. The zero-order valence-corrected chi connectivity index (χ0v) is 18.8. The fourth-order valence-corrected chi connectivity index (χ4v) is 6.13. The Morgan fingerprint density at radius 1 is 1.47 bits per heavy atom. The Hall–Kier alpha value is -2.20. The van der Waals surface area contributed by atoms with Gasteiger partial charge in [0, 0.05) is 16.5 Å². The van der Waals surface area contributed by atoms with Gasteiger partial charge < -0.3 is 15.8 Å². The summed E-state index contributed by atoms with van der Waals surface area (Å²) < 4.78 is 7.07. The van der Waals surface area contributed by atoms with Gasteiger partial charge in [0.1, 0.15) is 16.6 Å². The van der Waals surface area contributed by atoms with Crippen LogP contribution in [0.2, 0.25) is 0 Å². The minimum Gasteiger partial charge on any atom is -0.481 e. The van der Waals surface area contributed by atoms with Crippen LogP contribution >= 0.6 is 34.4 Å². The first-order chi connectivity index (χ1) is 14.6. The van der Waals surface area contributed by atoms with Crippen molar-refractivity contribution in [3.63, 3.8) is 0 Å². The van der Waals surface area contributed by atoms with E-state index in [0.717, 1.165) is 56.6 Å². The fourth-order valence-electron chi connectivity index (χ4n) is 3.42. The van der Waals surface area contributed by atoms with Gasteiger partial charge in [0.2, 0.25) is 0 Å². The van der Waals surface area contributed by atoms with Crippen LogP contribution in [0.3, 0.4) is 0 Å². The van der Waals surface area contributed by atoms with Gasteiger partial charge in [-0.15, -0.1) is 34.4 Å². The Kier molecular flexibility index (Phi) is 6.52. The molecule has 1 fully saturated rings. The molecule has 6 nitrogen and oxygen atoms in total. The maximum atomic E-state index is 11.5. The molecule has 1 aromatic carbocycles. The van der Waals surface area contributed by atoms with Crippen LogP contribution in [0.25, 0.3) is 21.8 Å². The van der Waals surface area contributed by atoms with Gasteiger partial charge in [-0.1, -0.05) is 12.1 Å². The summed E-state index contributed by atoms with van der Waals surface area (Å²) in [5.41, 5.74) is 8.46. The Morgan fingerprint density at radius 3 is 3.03 bits per heavy atom. The fraction of sp³-hybridized carbons (Fsp3) is 0.286. The van der Waals surface area contributed by atoms with Crippen molar-refractivity contribution in [1.82, 2.24) is 10.3 Å². The molecule has 9 heteroatoms. The van der Waals surface area contributed by atoms with E-state index in [9.17, 15) is 4.79 Å². The highest BCUT2D eigenvalue weighted by Gasteiger charge is 2.26. The molecule has 156 valence electrons. The molecule has 4 N–H and O–H groups in total. The zero-order chi connectivity index (χ0) is 21.1. The van der Waals surface area contributed by atoms with Gasteiger partial charge in [0.05, 0.1) is 20.8 Å². The Bertz CT molecular complexity index is 1060. The van der Waals surface area contributed by atoms with E-state index in [1.54, 1.807) is 23.1 Å². The highest BCUT2D eigenvalue weighted by molar-refractivity contribution is 8.00. The molecule has 0 spiro atoms. The maximum absolute atomic E-state index is 11.5. The molecule has 0 saturated carbocycles. The van der Waals surface area contributed by atoms with Crippen LogP contribution in [0.15, 0.2) is 39.9 Å². The summed E-state index contributed by atoms with van der Waals surface area (Å²) in [6.45, 7) is 0.923. The van der Waals surface area contributed by atoms with Gasteiger partial charge in [0.15, 0.2) is 12.4 Å². The number of hydrogen-bond acceptors (Lipinski definition) is 8. The number of amidine groups is 1. The van der Waals surface area contributed by atoms with Crippen LogP contribution < -0.4 is 15.8 Å². The molecule has 2 atom stereocenters. The van der Waals surface area contributed by atoms with Crippen molar-refractivity contribution in [2.75, 3.05) is 12.8 Å². The second-order valence-corrected chi connectivity index (χ2v) is 9.90. The number of benzene rings is 1. The van der Waals surface area contributed by atoms with Gasteiger partial charge in [-0.2, -0.15) is 0 Å². The normalized spacial score (nSPS) is 17.0. The number of nitrogens with one attached hydrogen (secondary N) is 2. The molecule has 0 amide bonds. The van der Waals surface area contributed by atoms with Crippen molar-refractivity contribution in [2.24, 2.45) is 5.73 Å². The third kappa shape index (κ3) is 4.44. The van der Waals surface area contributed by atoms with E-state index in [0.29, 0.717) is 5.75 Å². The van der Waals surface area contributed by atoms with Crippen LogP contribution in [0.5, 0.6) is 5.75 Å². The summed E-state index contributed by atoms with van der Waals surface area (Å²) >= 11 is 4.70. The summed E-state index contributed by atoms with van der Waals surface area (Å²) in [5, 5.41) is 13.9. The van der Waals surface area contributed by atoms with E-state index in [1.807, 2.05) is 42.0 Å². The molecule has 2 aromatic heterocycles. The lowest BCUT2D eigenvalue weighted by Crippen LogP contribution is -2.39. The van der Waals surface area contributed by atoms with Crippen molar-refractivity contribution in [3.8, 4) is 27.6 Å². The monoisotopic (exact) mass is 458 g/mol. The van der Waals surface area contributed by atoms with Gasteiger partial charge in [-0.25, -0.2) is 4.98 Å². The first kappa shape index (κ1) is 21.0. The summed E-state index contributed by atoms with van der Waals surface area (Å²) in [4.78, 5) is 17.1. The molecule has 1 aliphatic rings. The maximum Gasteiger partial charge on any atom is 0.169 e. The summed E-state index contributed by atoms with van der Waals surface area (Å²) in [5.74, 6) is 0.733. The van der Waals surface area contributed by atoms with E-state index in [2.05, 4.69) is 5.32 Å². The Morgan fingerprint density at radius 2 is 2.33 bits per heavy atom. The number of thioether (sulfide) groups is 1. The highest BCUT2D eigenvalue weighted by atomic mass is 32.2.